The van der Waals surface area contributed by atoms with Crippen LogP contribution in [0.2, 0.25) is 0 Å². The molecule has 0 saturated carbocycles. The van der Waals surface area contributed by atoms with Gasteiger partial charge in [-0.05, 0) is 24.1 Å². The quantitative estimate of drug-likeness (QED) is 0.865. The van der Waals surface area contributed by atoms with Crippen molar-refractivity contribution in [3.63, 3.8) is 0 Å². The van der Waals surface area contributed by atoms with E-state index in [9.17, 15) is 0 Å². The fourth-order valence-electron chi connectivity index (χ4n) is 1.08. The molecule has 0 bridgehead atoms. The standard InChI is InChI=1S/C11H14BrNOS/c1-7(2)6-14-10-4-3-8(12)5-9(10)11(13)15/h3-5,7H,6H2,1-2H3,(H2,13,15). The molecule has 0 spiro atoms. The van der Waals surface area contributed by atoms with Crippen LogP contribution in [0.15, 0.2) is 22.7 Å². The Bertz CT molecular complexity index is 366. The maximum atomic E-state index is 5.63. The molecule has 0 aliphatic rings. The summed E-state index contributed by atoms with van der Waals surface area (Å²) in [6.07, 6.45) is 0. The molecule has 0 saturated heterocycles. The van der Waals surface area contributed by atoms with Crippen molar-refractivity contribution in [2.45, 2.75) is 13.8 Å². The van der Waals surface area contributed by atoms with E-state index in [2.05, 4.69) is 29.8 Å². The van der Waals surface area contributed by atoms with Crippen molar-refractivity contribution >= 4 is 33.1 Å². The van der Waals surface area contributed by atoms with Gasteiger partial charge in [0.1, 0.15) is 10.7 Å². The van der Waals surface area contributed by atoms with E-state index in [0.717, 1.165) is 15.8 Å². The van der Waals surface area contributed by atoms with E-state index in [0.29, 0.717) is 17.5 Å². The fourth-order valence-corrected chi connectivity index (χ4v) is 1.60. The van der Waals surface area contributed by atoms with Gasteiger partial charge < -0.3 is 10.5 Å². The number of halogens is 1. The first kappa shape index (κ1) is 12.5. The van der Waals surface area contributed by atoms with Crippen molar-refractivity contribution in [3.05, 3.63) is 28.2 Å². The predicted molar refractivity (Wildman–Crippen MR) is 70.4 cm³/mol. The first-order valence-electron chi connectivity index (χ1n) is 4.73. The van der Waals surface area contributed by atoms with Crippen LogP contribution in [0.4, 0.5) is 0 Å². The van der Waals surface area contributed by atoms with Crippen LogP contribution in [0.25, 0.3) is 0 Å². The van der Waals surface area contributed by atoms with Crippen molar-refractivity contribution < 1.29 is 4.74 Å². The third-order valence-electron chi connectivity index (χ3n) is 1.78. The Morgan fingerprint density at radius 2 is 2.20 bits per heavy atom. The van der Waals surface area contributed by atoms with Gasteiger partial charge in [0.05, 0.1) is 12.2 Å². The highest BCUT2D eigenvalue weighted by Crippen LogP contribution is 2.23. The summed E-state index contributed by atoms with van der Waals surface area (Å²) in [7, 11) is 0. The number of ether oxygens (including phenoxy) is 1. The minimum atomic E-state index is 0.357. The van der Waals surface area contributed by atoms with Gasteiger partial charge in [0, 0.05) is 4.47 Å². The summed E-state index contributed by atoms with van der Waals surface area (Å²) in [5.74, 6) is 1.23. The van der Waals surface area contributed by atoms with Crippen LogP contribution in [0.5, 0.6) is 5.75 Å². The number of nitrogens with two attached hydrogens (primary N) is 1. The molecule has 0 unspecified atom stereocenters. The number of hydrogen-bond acceptors (Lipinski definition) is 2. The first-order valence-corrected chi connectivity index (χ1v) is 5.93. The van der Waals surface area contributed by atoms with E-state index < -0.39 is 0 Å². The molecule has 15 heavy (non-hydrogen) atoms. The lowest BCUT2D eigenvalue weighted by Crippen LogP contribution is -2.13. The Morgan fingerprint density at radius 3 is 2.73 bits per heavy atom. The molecule has 0 aliphatic carbocycles. The molecule has 0 amide bonds. The van der Waals surface area contributed by atoms with E-state index in [1.54, 1.807) is 0 Å². The molecular formula is C11H14BrNOS. The highest BCUT2D eigenvalue weighted by Gasteiger charge is 2.07. The Morgan fingerprint density at radius 1 is 1.53 bits per heavy atom. The van der Waals surface area contributed by atoms with E-state index in [1.807, 2.05) is 18.2 Å². The molecule has 2 nitrogen and oxygen atoms in total. The molecule has 0 aromatic heterocycles. The van der Waals surface area contributed by atoms with Crippen LogP contribution < -0.4 is 10.5 Å². The zero-order chi connectivity index (χ0) is 11.4. The molecule has 2 N–H and O–H groups in total. The minimum Gasteiger partial charge on any atom is -0.493 e. The smallest absolute Gasteiger partial charge is 0.129 e. The molecule has 0 aliphatic heterocycles. The van der Waals surface area contributed by atoms with E-state index in [4.69, 9.17) is 22.7 Å². The summed E-state index contributed by atoms with van der Waals surface area (Å²) in [5.41, 5.74) is 6.40. The topological polar surface area (TPSA) is 35.2 Å². The third-order valence-corrected chi connectivity index (χ3v) is 2.49. The second kappa shape index (κ2) is 5.47. The number of benzene rings is 1. The van der Waals surface area contributed by atoms with Gasteiger partial charge in [-0.2, -0.15) is 0 Å². The van der Waals surface area contributed by atoms with Crippen LogP contribution in [0, 0.1) is 5.92 Å². The zero-order valence-electron chi connectivity index (χ0n) is 8.79. The van der Waals surface area contributed by atoms with Crippen LogP contribution in [0.1, 0.15) is 19.4 Å². The largest absolute Gasteiger partial charge is 0.493 e. The van der Waals surface area contributed by atoms with Gasteiger partial charge in [-0.3, -0.25) is 0 Å². The summed E-state index contributed by atoms with van der Waals surface area (Å²) in [5, 5.41) is 0. The second-order valence-electron chi connectivity index (χ2n) is 3.71. The van der Waals surface area contributed by atoms with Gasteiger partial charge >= 0.3 is 0 Å². The third kappa shape index (κ3) is 3.80. The molecule has 4 heteroatoms. The Balaban J connectivity index is 2.91. The average molecular weight is 288 g/mol. The predicted octanol–water partition coefficient (Wildman–Crippen LogP) is 3.12. The molecule has 1 rings (SSSR count). The van der Waals surface area contributed by atoms with E-state index in [-0.39, 0.29) is 0 Å². The Hall–Kier alpha value is -0.610. The highest BCUT2D eigenvalue weighted by atomic mass is 79.9. The van der Waals surface area contributed by atoms with Gasteiger partial charge in [-0.25, -0.2) is 0 Å². The number of hydrogen-bond donors (Lipinski definition) is 1. The summed E-state index contributed by atoms with van der Waals surface area (Å²) < 4.78 is 6.57. The number of thiocarbonyl (C=S) groups is 1. The van der Waals surface area contributed by atoms with E-state index in [1.165, 1.54) is 0 Å². The molecule has 1 aromatic rings. The van der Waals surface area contributed by atoms with Crippen molar-refractivity contribution in [1.29, 1.82) is 0 Å². The summed E-state index contributed by atoms with van der Waals surface area (Å²) in [6.45, 7) is 4.86. The minimum absolute atomic E-state index is 0.357. The SMILES string of the molecule is CC(C)COc1ccc(Br)cc1C(N)=S. The van der Waals surface area contributed by atoms with Crippen LogP contribution in [0.3, 0.4) is 0 Å². The summed E-state index contributed by atoms with van der Waals surface area (Å²) in [4.78, 5) is 0.357. The van der Waals surface area contributed by atoms with Crippen LogP contribution in [-0.2, 0) is 0 Å². The lowest BCUT2D eigenvalue weighted by atomic mass is 10.2. The normalized spacial score (nSPS) is 10.4. The molecule has 1 aromatic carbocycles. The second-order valence-corrected chi connectivity index (χ2v) is 5.07. The molecule has 0 fully saturated rings. The Labute approximate surface area is 104 Å². The molecular weight excluding hydrogens is 274 g/mol. The lowest BCUT2D eigenvalue weighted by Gasteiger charge is -2.12. The van der Waals surface area contributed by atoms with Crippen molar-refractivity contribution in [2.75, 3.05) is 6.61 Å². The van der Waals surface area contributed by atoms with Gasteiger partial charge in [-0.15, -0.1) is 0 Å². The van der Waals surface area contributed by atoms with Crippen LogP contribution >= 0.6 is 28.1 Å². The van der Waals surface area contributed by atoms with Crippen LogP contribution in [-0.4, -0.2) is 11.6 Å². The maximum Gasteiger partial charge on any atom is 0.129 e. The maximum absolute atomic E-state index is 5.63. The average Bonchev–Trinajstić information content (AvgIpc) is 2.15. The van der Waals surface area contributed by atoms with Gasteiger partial charge in [-0.1, -0.05) is 42.0 Å². The molecule has 82 valence electrons. The van der Waals surface area contributed by atoms with Gasteiger partial charge in [0.15, 0.2) is 0 Å². The van der Waals surface area contributed by atoms with Crippen molar-refractivity contribution in [1.82, 2.24) is 0 Å². The highest BCUT2D eigenvalue weighted by molar-refractivity contribution is 9.10. The molecule has 0 radical (unpaired) electrons. The van der Waals surface area contributed by atoms with Crippen molar-refractivity contribution in [3.8, 4) is 5.75 Å². The monoisotopic (exact) mass is 287 g/mol. The van der Waals surface area contributed by atoms with Crippen molar-refractivity contribution in [2.24, 2.45) is 11.7 Å². The molecule has 0 heterocycles. The number of rotatable bonds is 4. The zero-order valence-corrected chi connectivity index (χ0v) is 11.2. The fraction of sp³-hybridized carbons (Fsp3) is 0.364. The molecule has 0 atom stereocenters. The van der Waals surface area contributed by atoms with Gasteiger partial charge in [0.25, 0.3) is 0 Å². The van der Waals surface area contributed by atoms with E-state index >= 15 is 0 Å². The summed E-state index contributed by atoms with van der Waals surface area (Å²) >= 11 is 8.34. The first-order chi connectivity index (χ1) is 7.00. The lowest BCUT2D eigenvalue weighted by molar-refractivity contribution is 0.270. The van der Waals surface area contributed by atoms with Gasteiger partial charge in [0.2, 0.25) is 0 Å². The Kier molecular flexibility index (Phi) is 4.54. The summed E-state index contributed by atoms with van der Waals surface area (Å²) in [6, 6.07) is 5.66.